The maximum atomic E-state index is 2.52. The van der Waals surface area contributed by atoms with E-state index in [-0.39, 0.29) is 10.8 Å². The smallest absolute Gasteiger partial charge is 0.0546 e. The summed E-state index contributed by atoms with van der Waals surface area (Å²) in [6.45, 7) is 9.51. The second-order valence-corrected chi connectivity index (χ2v) is 17.1. The van der Waals surface area contributed by atoms with E-state index in [1.165, 1.54) is 98.0 Å². The molecule has 54 heavy (non-hydrogen) atoms. The fourth-order valence-electron chi connectivity index (χ4n) is 9.76. The van der Waals surface area contributed by atoms with E-state index < -0.39 is 0 Å². The molecule has 0 N–H and O–H groups in total. The largest absolute Gasteiger partial charge is 0.310 e. The van der Waals surface area contributed by atoms with Gasteiger partial charge in [0.25, 0.3) is 0 Å². The quantitative estimate of drug-likeness (QED) is 0.176. The standard InChI is InChI=1S/C52H39NS/c1-51(2)43-20-9-6-16-41(43)49-46(30-25-33-13-11-21-44(51)48(33)49)53(35-28-29-38-37-14-5-8-19-42(37)52(3,4)45(38)31-35)34-26-23-32(24-27-34)36-17-12-18-40-39-15-7-10-22-47(39)54-50(36)40/h5-31H,1-4H3. The van der Waals surface area contributed by atoms with Crippen molar-refractivity contribution in [2.45, 2.75) is 38.5 Å². The molecule has 0 fully saturated rings. The maximum absolute atomic E-state index is 2.52. The first-order valence-electron chi connectivity index (χ1n) is 19.0. The van der Waals surface area contributed by atoms with Gasteiger partial charge in [-0.15, -0.1) is 11.3 Å². The summed E-state index contributed by atoms with van der Waals surface area (Å²) in [4.78, 5) is 2.52. The molecule has 0 spiro atoms. The van der Waals surface area contributed by atoms with Crippen molar-refractivity contribution in [3.63, 3.8) is 0 Å². The Balaban J connectivity index is 1.15. The molecular weight excluding hydrogens is 671 g/mol. The Hall–Kier alpha value is -5.96. The first kappa shape index (κ1) is 31.6. The molecule has 11 rings (SSSR count). The van der Waals surface area contributed by atoms with Crippen LogP contribution in [0.1, 0.15) is 49.9 Å². The second kappa shape index (κ2) is 11.3. The lowest BCUT2D eigenvalue weighted by Gasteiger charge is -2.38. The van der Waals surface area contributed by atoms with Crippen LogP contribution in [0.25, 0.3) is 64.3 Å². The predicted octanol–water partition coefficient (Wildman–Crippen LogP) is 15.0. The molecule has 2 heteroatoms. The van der Waals surface area contributed by atoms with Gasteiger partial charge in [-0.05, 0) is 97.2 Å². The zero-order valence-corrected chi connectivity index (χ0v) is 31.8. The lowest BCUT2D eigenvalue weighted by atomic mass is 9.68. The minimum absolute atomic E-state index is 0.109. The molecule has 0 atom stereocenters. The lowest BCUT2D eigenvalue weighted by molar-refractivity contribution is 0.645. The monoisotopic (exact) mass is 709 g/mol. The van der Waals surface area contributed by atoms with Gasteiger partial charge in [-0.1, -0.05) is 155 Å². The third-order valence-corrected chi connectivity index (χ3v) is 13.7. The van der Waals surface area contributed by atoms with Crippen molar-refractivity contribution in [1.29, 1.82) is 0 Å². The van der Waals surface area contributed by atoms with E-state index in [1.54, 1.807) is 0 Å². The number of benzene rings is 8. The van der Waals surface area contributed by atoms with Crippen molar-refractivity contribution in [3.8, 4) is 33.4 Å². The highest BCUT2D eigenvalue weighted by Gasteiger charge is 2.38. The molecule has 1 aromatic heterocycles. The number of fused-ring (bicyclic) bond motifs is 8. The fraction of sp³-hybridized carbons (Fsp3) is 0.115. The minimum atomic E-state index is -0.120. The van der Waals surface area contributed by atoms with Gasteiger partial charge in [0, 0.05) is 47.9 Å². The summed E-state index contributed by atoms with van der Waals surface area (Å²) in [5.74, 6) is 0. The Kier molecular flexibility index (Phi) is 6.59. The van der Waals surface area contributed by atoms with Crippen LogP contribution < -0.4 is 4.90 Å². The third-order valence-electron chi connectivity index (χ3n) is 12.5. The number of hydrogen-bond acceptors (Lipinski definition) is 2. The number of thiophene rings is 1. The number of anilines is 3. The van der Waals surface area contributed by atoms with E-state index in [0.29, 0.717) is 0 Å². The number of nitrogens with zero attached hydrogens (tertiary/aromatic N) is 1. The molecule has 258 valence electrons. The van der Waals surface area contributed by atoms with E-state index in [9.17, 15) is 0 Å². The summed E-state index contributed by atoms with van der Waals surface area (Å²) in [5.41, 5.74) is 16.6. The van der Waals surface area contributed by atoms with Crippen molar-refractivity contribution in [3.05, 3.63) is 186 Å². The van der Waals surface area contributed by atoms with Crippen LogP contribution in [0.5, 0.6) is 0 Å². The topological polar surface area (TPSA) is 3.24 Å². The van der Waals surface area contributed by atoms with Crippen LogP contribution in [-0.2, 0) is 10.8 Å². The van der Waals surface area contributed by atoms with E-state index in [2.05, 4.69) is 196 Å². The van der Waals surface area contributed by atoms with Crippen molar-refractivity contribution in [2.24, 2.45) is 0 Å². The summed E-state index contributed by atoms with van der Waals surface area (Å²) in [6.07, 6.45) is 0. The highest BCUT2D eigenvalue weighted by atomic mass is 32.1. The van der Waals surface area contributed by atoms with Crippen LogP contribution in [0.3, 0.4) is 0 Å². The van der Waals surface area contributed by atoms with Crippen LogP contribution in [0.2, 0.25) is 0 Å². The normalized spacial score (nSPS) is 14.6. The van der Waals surface area contributed by atoms with Gasteiger partial charge in [0.2, 0.25) is 0 Å². The van der Waals surface area contributed by atoms with Crippen molar-refractivity contribution < 1.29 is 0 Å². The zero-order valence-electron chi connectivity index (χ0n) is 30.9. The van der Waals surface area contributed by atoms with Crippen molar-refractivity contribution in [1.82, 2.24) is 0 Å². The molecule has 0 saturated heterocycles. The molecule has 9 aromatic rings. The Bertz CT molecular complexity index is 3000. The van der Waals surface area contributed by atoms with Crippen LogP contribution in [0, 0.1) is 0 Å². The Morgan fingerprint density at radius 3 is 1.89 bits per heavy atom. The van der Waals surface area contributed by atoms with Gasteiger partial charge < -0.3 is 4.90 Å². The molecule has 1 nitrogen and oxygen atoms in total. The van der Waals surface area contributed by atoms with Gasteiger partial charge in [0.1, 0.15) is 0 Å². The van der Waals surface area contributed by atoms with Gasteiger partial charge in [-0.3, -0.25) is 0 Å². The summed E-state index contributed by atoms with van der Waals surface area (Å²) >= 11 is 1.89. The first-order valence-corrected chi connectivity index (χ1v) is 19.8. The van der Waals surface area contributed by atoms with Gasteiger partial charge >= 0.3 is 0 Å². The Morgan fingerprint density at radius 2 is 1.06 bits per heavy atom. The molecule has 0 bridgehead atoms. The Labute approximate surface area is 320 Å². The van der Waals surface area contributed by atoms with Crippen LogP contribution in [0.4, 0.5) is 17.1 Å². The number of hydrogen-bond donors (Lipinski definition) is 0. The molecule has 0 radical (unpaired) electrons. The van der Waals surface area contributed by atoms with Crippen LogP contribution >= 0.6 is 11.3 Å². The van der Waals surface area contributed by atoms with Crippen LogP contribution in [-0.4, -0.2) is 0 Å². The van der Waals surface area contributed by atoms with Crippen molar-refractivity contribution in [2.75, 3.05) is 4.90 Å². The van der Waals surface area contributed by atoms with Crippen LogP contribution in [0.15, 0.2) is 164 Å². The highest BCUT2D eigenvalue weighted by Crippen LogP contribution is 2.55. The van der Waals surface area contributed by atoms with Gasteiger partial charge in [-0.25, -0.2) is 0 Å². The molecule has 8 aromatic carbocycles. The van der Waals surface area contributed by atoms with Gasteiger partial charge in [-0.2, -0.15) is 0 Å². The molecule has 0 unspecified atom stereocenters. The summed E-state index contributed by atoms with van der Waals surface area (Å²) in [6, 6.07) is 61.5. The summed E-state index contributed by atoms with van der Waals surface area (Å²) in [5, 5.41) is 5.29. The molecule has 0 saturated carbocycles. The fourth-order valence-corrected chi connectivity index (χ4v) is 11.0. The summed E-state index contributed by atoms with van der Waals surface area (Å²) < 4.78 is 2.67. The van der Waals surface area contributed by atoms with Gasteiger partial charge in [0.05, 0.1) is 5.69 Å². The van der Waals surface area contributed by atoms with E-state index in [0.717, 1.165) is 5.69 Å². The average Bonchev–Trinajstić information content (AvgIpc) is 3.70. The average molecular weight is 710 g/mol. The van der Waals surface area contributed by atoms with E-state index >= 15 is 0 Å². The van der Waals surface area contributed by atoms with E-state index in [1.807, 2.05) is 11.3 Å². The lowest BCUT2D eigenvalue weighted by Crippen LogP contribution is -2.24. The molecule has 1 heterocycles. The molecule has 0 amide bonds. The Morgan fingerprint density at radius 1 is 0.444 bits per heavy atom. The third kappa shape index (κ3) is 4.32. The van der Waals surface area contributed by atoms with E-state index in [4.69, 9.17) is 0 Å². The minimum Gasteiger partial charge on any atom is -0.310 e. The SMILES string of the molecule is CC1(C)c2ccccc2-c2ccc(N(c3ccc(-c4cccc5c4sc4ccccc45)cc3)c3ccc4cccc5c4c3-c3ccccc3C5(C)C)cc21. The maximum Gasteiger partial charge on any atom is 0.0546 e. The molecular formula is C52H39NS. The highest BCUT2D eigenvalue weighted by molar-refractivity contribution is 7.26. The molecule has 2 aliphatic carbocycles. The molecule has 2 aliphatic rings. The predicted molar refractivity (Wildman–Crippen MR) is 232 cm³/mol. The number of rotatable bonds is 4. The first-order chi connectivity index (χ1) is 26.3. The molecule has 0 aliphatic heterocycles. The summed E-state index contributed by atoms with van der Waals surface area (Å²) in [7, 11) is 0. The van der Waals surface area contributed by atoms with Crippen molar-refractivity contribution >= 4 is 59.3 Å². The van der Waals surface area contributed by atoms with Gasteiger partial charge in [0.15, 0.2) is 0 Å². The second-order valence-electron chi connectivity index (χ2n) is 16.1. The zero-order chi connectivity index (χ0) is 36.3.